The zero-order chi connectivity index (χ0) is 12.3. The van der Waals surface area contributed by atoms with E-state index in [1.165, 1.54) is 10.9 Å². The summed E-state index contributed by atoms with van der Waals surface area (Å²) in [6, 6.07) is 0. The Labute approximate surface area is 93.6 Å². The van der Waals surface area contributed by atoms with Crippen molar-refractivity contribution in [3.8, 4) is 0 Å². The average Bonchev–Trinajstić information content (AvgIpc) is 2.42. The van der Waals surface area contributed by atoms with Crippen LogP contribution in [0.25, 0.3) is 0 Å². The number of aromatic nitrogens is 2. The summed E-state index contributed by atoms with van der Waals surface area (Å²) in [5.41, 5.74) is -0.270. The van der Waals surface area contributed by atoms with E-state index in [0.717, 1.165) is 0 Å². The minimum absolute atomic E-state index is 0.201. The van der Waals surface area contributed by atoms with Gasteiger partial charge in [0, 0.05) is 13.2 Å². The van der Waals surface area contributed by atoms with Crippen molar-refractivity contribution in [2.45, 2.75) is 26.4 Å². The van der Waals surface area contributed by atoms with Crippen molar-refractivity contribution in [2.75, 3.05) is 5.32 Å². The molecular formula is C10H15N3O3. The first-order valence-electron chi connectivity index (χ1n) is 4.80. The molecule has 0 radical (unpaired) electrons. The number of amides is 1. The summed E-state index contributed by atoms with van der Waals surface area (Å²) in [4.78, 5) is 22.1. The molecule has 0 saturated heterocycles. The molecule has 0 aliphatic heterocycles. The number of hydrogen-bond acceptors (Lipinski definition) is 4. The van der Waals surface area contributed by atoms with Gasteiger partial charge in [0.05, 0.1) is 5.56 Å². The lowest BCUT2D eigenvalue weighted by Gasteiger charge is -2.19. The molecule has 0 fully saturated rings. The number of anilines is 1. The fraction of sp³-hybridized carbons (Fsp3) is 0.500. The lowest BCUT2D eigenvalue weighted by atomic mass is 10.2. The molecule has 0 aliphatic rings. The first-order chi connectivity index (χ1) is 7.31. The number of carbonyl (C=O) groups excluding carboxylic acids is 2. The van der Waals surface area contributed by atoms with Crippen LogP contribution in [0.2, 0.25) is 0 Å². The maximum Gasteiger partial charge on any atom is 0.413 e. The van der Waals surface area contributed by atoms with Crippen molar-refractivity contribution in [1.82, 2.24) is 9.78 Å². The third-order valence-corrected chi connectivity index (χ3v) is 1.60. The van der Waals surface area contributed by atoms with Gasteiger partial charge < -0.3 is 4.74 Å². The molecule has 0 unspecified atom stereocenters. The molecule has 1 aromatic heterocycles. The van der Waals surface area contributed by atoms with Gasteiger partial charge in [0.2, 0.25) is 0 Å². The first-order valence-corrected chi connectivity index (χ1v) is 4.80. The summed E-state index contributed by atoms with van der Waals surface area (Å²) >= 11 is 0. The molecule has 1 N–H and O–H groups in total. The van der Waals surface area contributed by atoms with Gasteiger partial charge in [-0.25, -0.2) is 4.79 Å². The van der Waals surface area contributed by atoms with Gasteiger partial charge in [-0.05, 0) is 20.8 Å². The van der Waals surface area contributed by atoms with Crippen molar-refractivity contribution < 1.29 is 14.3 Å². The van der Waals surface area contributed by atoms with E-state index in [9.17, 15) is 9.59 Å². The van der Waals surface area contributed by atoms with Crippen LogP contribution in [0.5, 0.6) is 0 Å². The molecule has 6 nitrogen and oxygen atoms in total. The second-order valence-corrected chi connectivity index (χ2v) is 4.35. The smallest absolute Gasteiger partial charge is 0.413 e. The Morgan fingerprint density at radius 3 is 2.69 bits per heavy atom. The summed E-state index contributed by atoms with van der Waals surface area (Å²) < 4.78 is 6.48. The Morgan fingerprint density at radius 2 is 2.19 bits per heavy atom. The molecular weight excluding hydrogens is 210 g/mol. The molecule has 0 bridgehead atoms. The van der Waals surface area contributed by atoms with E-state index in [-0.39, 0.29) is 5.82 Å². The molecule has 1 rings (SSSR count). The second kappa shape index (κ2) is 4.34. The number of nitrogens with one attached hydrogen (secondary N) is 1. The Morgan fingerprint density at radius 1 is 1.56 bits per heavy atom. The van der Waals surface area contributed by atoms with E-state index in [4.69, 9.17) is 4.74 Å². The maximum atomic E-state index is 11.4. The fourth-order valence-corrected chi connectivity index (χ4v) is 1.09. The predicted molar refractivity (Wildman–Crippen MR) is 58.5 cm³/mol. The number of ether oxygens (including phenoxy) is 1. The highest BCUT2D eigenvalue weighted by atomic mass is 16.6. The van der Waals surface area contributed by atoms with Crippen LogP contribution >= 0.6 is 0 Å². The van der Waals surface area contributed by atoms with Crippen LogP contribution < -0.4 is 5.32 Å². The highest BCUT2D eigenvalue weighted by Crippen LogP contribution is 2.13. The van der Waals surface area contributed by atoms with Crippen LogP contribution in [0.4, 0.5) is 10.6 Å². The lowest BCUT2D eigenvalue weighted by molar-refractivity contribution is 0.0635. The Kier molecular flexibility index (Phi) is 3.31. The molecule has 0 atom stereocenters. The van der Waals surface area contributed by atoms with Gasteiger partial charge in [-0.15, -0.1) is 0 Å². The van der Waals surface area contributed by atoms with Crippen molar-refractivity contribution in [3.05, 3.63) is 11.8 Å². The normalized spacial score (nSPS) is 11.0. The highest BCUT2D eigenvalue weighted by molar-refractivity contribution is 5.91. The van der Waals surface area contributed by atoms with E-state index in [2.05, 4.69) is 10.4 Å². The molecule has 0 aliphatic carbocycles. The number of aldehydes is 1. The van der Waals surface area contributed by atoms with Crippen LogP contribution in [-0.4, -0.2) is 27.8 Å². The largest absolute Gasteiger partial charge is 0.444 e. The topological polar surface area (TPSA) is 73.2 Å². The number of nitrogens with zero attached hydrogens (tertiary/aromatic N) is 2. The van der Waals surface area contributed by atoms with Crippen molar-refractivity contribution >= 4 is 18.2 Å². The standard InChI is InChI=1S/C10H15N3O3/c1-10(2,3)16-9(15)11-8-7(6-14)5-13(4)12-8/h5-6H,1-4H3,(H,11,12,15). The van der Waals surface area contributed by atoms with Crippen molar-refractivity contribution in [1.29, 1.82) is 0 Å². The predicted octanol–water partition coefficient (Wildman–Crippen LogP) is 1.58. The van der Waals surface area contributed by atoms with Crippen LogP contribution in [0.3, 0.4) is 0 Å². The van der Waals surface area contributed by atoms with Gasteiger partial charge in [-0.1, -0.05) is 0 Å². The third kappa shape index (κ3) is 3.38. The maximum absolute atomic E-state index is 11.4. The number of aryl methyl sites for hydroxylation is 1. The summed E-state index contributed by atoms with van der Waals surface area (Å²) in [5.74, 6) is 0.201. The van der Waals surface area contributed by atoms with Gasteiger partial charge >= 0.3 is 6.09 Å². The number of carbonyl (C=O) groups is 2. The Bertz CT molecular complexity index is 404. The van der Waals surface area contributed by atoms with E-state index in [0.29, 0.717) is 11.8 Å². The SMILES string of the molecule is Cn1cc(C=O)c(NC(=O)OC(C)(C)C)n1. The summed E-state index contributed by atoms with van der Waals surface area (Å²) in [6.45, 7) is 5.27. The monoisotopic (exact) mass is 225 g/mol. The van der Waals surface area contributed by atoms with Crippen molar-refractivity contribution in [3.63, 3.8) is 0 Å². The Balaban J connectivity index is 2.73. The van der Waals surface area contributed by atoms with E-state index < -0.39 is 11.7 Å². The van der Waals surface area contributed by atoms with E-state index in [1.54, 1.807) is 27.8 Å². The molecule has 1 heterocycles. The molecule has 16 heavy (non-hydrogen) atoms. The van der Waals surface area contributed by atoms with Gasteiger partial charge in [-0.3, -0.25) is 14.8 Å². The van der Waals surface area contributed by atoms with Crippen LogP contribution in [0, 0.1) is 0 Å². The molecule has 0 aromatic carbocycles. The molecule has 1 amide bonds. The zero-order valence-corrected chi connectivity index (χ0v) is 9.77. The van der Waals surface area contributed by atoms with Crippen LogP contribution in [-0.2, 0) is 11.8 Å². The summed E-state index contributed by atoms with van der Waals surface area (Å²) in [5, 5.41) is 6.34. The van der Waals surface area contributed by atoms with E-state index >= 15 is 0 Å². The van der Waals surface area contributed by atoms with Crippen LogP contribution in [0.15, 0.2) is 6.20 Å². The molecule has 6 heteroatoms. The summed E-state index contributed by atoms with van der Waals surface area (Å²) in [7, 11) is 1.66. The highest BCUT2D eigenvalue weighted by Gasteiger charge is 2.18. The molecule has 88 valence electrons. The third-order valence-electron chi connectivity index (χ3n) is 1.60. The first kappa shape index (κ1) is 12.2. The van der Waals surface area contributed by atoms with Gasteiger partial charge in [0.1, 0.15) is 5.60 Å². The number of rotatable bonds is 2. The quantitative estimate of drug-likeness (QED) is 0.775. The van der Waals surface area contributed by atoms with Gasteiger partial charge in [-0.2, -0.15) is 5.10 Å². The molecule has 0 spiro atoms. The van der Waals surface area contributed by atoms with Crippen LogP contribution in [0.1, 0.15) is 31.1 Å². The second-order valence-electron chi connectivity index (χ2n) is 4.35. The lowest BCUT2D eigenvalue weighted by Crippen LogP contribution is -2.27. The summed E-state index contributed by atoms with van der Waals surface area (Å²) in [6.07, 6.45) is 1.51. The average molecular weight is 225 g/mol. The zero-order valence-electron chi connectivity index (χ0n) is 9.77. The number of hydrogen-bond donors (Lipinski definition) is 1. The Hall–Kier alpha value is -1.85. The molecule has 1 aromatic rings. The van der Waals surface area contributed by atoms with Crippen molar-refractivity contribution in [2.24, 2.45) is 7.05 Å². The minimum Gasteiger partial charge on any atom is -0.444 e. The minimum atomic E-state index is -0.630. The fourth-order valence-electron chi connectivity index (χ4n) is 1.09. The van der Waals surface area contributed by atoms with Gasteiger partial charge in [0.15, 0.2) is 12.1 Å². The molecule has 0 saturated carbocycles. The van der Waals surface area contributed by atoms with E-state index in [1.807, 2.05) is 0 Å². The van der Waals surface area contributed by atoms with Gasteiger partial charge in [0.25, 0.3) is 0 Å².